The molecule has 2 nitrogen and oxygen atoms in total. The van der Waals surface area contributed by atoms with Gasteiger partial charge in [0.2, 0.25) is 0 Å². The molecule has 5 rings (SSSR count). The summed E-state index contributed by atoms with van der Waals surface area (Å²) < 4.78 is 0. The van der Waals surface area contributed by atoms with E-state index in [0.29, 0.717) is 0 Å². The molecule has 0 spiro atoms. The molecule has 4 aromatic carbocycles. The lowest BCUT2D eigenvalue weighted by Gasteiger charge is -2.10. The van der Waals surface area contributed by atoms with E-state index < -0.39 is 0 Å². The summed E-state index contributed by atoms with van der Waals surface area (Å²) in [6, 6.07) is 25.5. The lowest BCUT2D eigenvalue weighted by atomic mass is 9.99. The van der Waals surface area contributed by atoms with Crippen LogP contribution < -0.4 is 0 Å². The molecule has 5 aromatic rings. The van der Waals surface area contributed by atoms with Gasteiger partial charge in [0.25, 0.3) is 0 Å². The SMILES string of the molecule is CCc1cccc(-c2cnc3c4ccccc4c4ccccc4c3n2)c1. The minimum Gasteiger partial charge on any atom is -0.252 e. The zero-order valence-corrected chi connectivity index (χ0v) is 14.6. The highest BCUT2D eigenvalue weighted by molar-refractivity contribution is 6.23. The van der Waals surface area contributed by atoms with E-state index in [9.17, 15) is 0 Å². The summed E-state index contributed by atoms with van der Waals surface area (Å²) in [6.45, 7) is 2.17. The lowest BCUT2D eigenvalue weighted by molar-refractivity contribution is 1.14. The topological polar surface area (TPSA) is 25.8 Å². The second kappa shape index (κ2) is 5.92. The van der Waals surface area contributed by atoms with Gasteiger partial charge in [0.1, 0.15) is 0 Å². The van der Waals surface area contributed by atoms with E-state index in [4.69, 9.17) is 9.97 Å². The second-order valence-electron chi connectivity index (χ2n) is 6.60. The summed E-state index contributed by atoms with van der Waals surface area (Å²) >= 11 is 0. The quantitative estimate of drug-likeness (QED) is 0.361. The zero-order valence-electron chi connectivity index (χ0n) is 14.6. The normalized spacial score (nSPS) is 11.4. The number of fused-ring (bicyclic) bond motifs is 6. The number of rotatable bonds is 2. The molecule has 0 N–H and O–H groups in total. The number of nitrogens with zero attached hydrogens (tertiary/aromatic N) is 2. The van der Waals surface area contributed by atoms with E-state index in [1.807, 2.05) is 6.20 Å². The standard InChI is InChI=1S/C24H18N2/c1-2-16-8-7-9-17(14-16)22-15-25-23-20-12-5-3-10-18(20)19-11-4-6-13-21(19)24(23)26-22/h3-15H,2H2,1H3. The monoisotopic (exact) mass is 334 g/mol. The van der Waals surface area contributed by atoms with Crippen molar-refractivity contribution in [2.75, 3.05) is 0 Å². The smallest absolute Gasteiger partial charge is 0.0979 e. The predicted molar refractivity (Wildman–Crippen MR) is 109 cm³/mol. The first-order chi connectivity index (χ1) is 12.8. The Kier molecular flexibility index (Phi) is 3.42. The van der Waals surface area contributed by atoms with Gasteiger partial charge in [-0.05, 0) is 28.8 Å². The molecule has 0 aliphatic heterocycles. The Balaban J connectivity index is 1.88. The van der Waals surface area contributed by atoms with Crippen LogP contribution in [0.15, 0.2) is 79.0 Å². The van der Waals surface area contributed by atoms with Crippen LogP contribution in [-0.2, 0) is 6.42 Å². The predicted octanol–water partition coefficient (Wildman–Crippen LogP) is 6.17. The number of aromatic nitrogens is 2. The minimum atomic E-state index is 0.924. The van der Waals surface area contributed by atoms with Gasteiger partial charge in [0.05, 0.1) is 22.9 Å². The number of aryl methyl sites for hydroxylation is 1. The van der Waals surface area contributed by atoms with Crippen molar-refractivity contribution in [1.82, 2.24) is 9.97 Å². The van der Waals surface area contributed by atoms with Crippen LogP contribution in [0.5, 0.6) is 0 Å². The van der Waals surface area contributed by atoms with Crippen LogP contribution in [0, 0.1) is 0 Å². The maximum absolute atomic E-state index is 5.04. The molecule has 0 amide bonds. The van der Waals surface area contributed by atoms with Crippen molar-refractivity contribution in [1.29, 1.82) is 0 Å². The third-order valence-electron chi connectivity index (χ3n) is 5.06. The van der Waals surface area contributed by atoms with Crippen LogP contribution in [0.2, 0.25) is 0 Å². The van der Waals surface area contributed by atoms with Crippen molar-refractivity contribution < 1.29 is 0 Å². The van der Waals surface area contributed by atoms with E-state index in [0.717, 1.165) is 39.5 Å². The third kappa shape index (κ3) is 2.26. The molecule has 0 aliphatic carbocycles. The first kappa shape index (κ1) is 15.0. The highest BCUT2D eigenvalue weighted by Gasteiger charge is 2.11. The van der Waals surface area contributed by atoms with Gasteiger partial charge in [0, 0.05) is 16.3 Å². The molecule has 0 saturated heterocycles. The maximum atomic E-state index is 5.04. The average molecular weight is 334 g/mol. The number of hydrogen-bond donors (Lipinski definition) is 0. The molecular weight excluding hydrogens is 316 g/mol. The van der Waals surface area contributed by atoms with Crippen LogP contribution in [0.1, 0.15) is 12.5 Å². The summed E-state index contributed by atoms with van der Waals surface area (Å²) in [5, 5.41) is 4.76. The minimum absolute atomic E-state index is 0.924. The molecule has 2 heteroatoms. The van der Waals surface area contributed by atoms with E-state index in [1.54, 1.807) is 0 Å². The van der Waals surface area contributed by atoms with Crippen LogP contribution >= 0.6 is 0 Å². The van der Waals surface area contributed by atoms with E-state index in [-0.39, 0.29) is 0 Å². The van der Waals surface area contributed by atoms with Crippen LogP contribution in [-0.4, -0.2) is 9.97 Å². The first-order valence-electron chi connectivity index (χ1n) is 9.00. The van der Waals surface area contributed by atoms with Gasteiger partial charge < -0.3 is 0 Å². The molecule has 0 atom stereocenters. The third-order valence-corrected chi connectivity index (χ3v) is 5.06. The fourth-order valence-corrected chi connectivity index (χ4v) is 3.71. The molecule has 0 fully saturated rings. The second-order valence-corrected chi connectivity index (χ2v) is 6.60. The highest BCUT2D eigenvalue weighted by Crippen LogP contribution is 2.33. The lowest BCUT2D eigenvalue weighted by Crippen LogP contribution is -1.92. The average Bonchev–Trinajstić information content (AvgIpc) is 2.73. The van der Waals surface area contributed by atoms with Crippen LogP contribution in [0.3, 0.4) is 0 Å². The van der Waals surface area contributed by atoms with Gasteiger partial charge in [-0.25, -0.2) is 4.98 Å². The van der Waals surface area contributed by atoms with E-state index in [1.165, 1.54) is 16.3 Å². The number of benzene rings is 4. The van der Waals surface area contributed by atoms with Crippen molar-refractivity contribution in [2.45, 2.75) is 13.3 Å². The Morgan fingerprint density at radius 3 is 2.04 bits per heavy atom. The molecule has 0 bridgehead atoms. The van der Waals surface area contributed by atoms with Crippen molar-refractivity contribution in [3.8, 4) is 11.3 Å². The van der Waals surface area contributed by atoms with Gasteiger partial charge in [-0.15, -0.1) is 0 Å². The summed E-state index contributed by atoms with van der Waals surface area (Å²) in [4.78, 5) is 9.87. The summed E-state index contributed by atoms with van der Waals surface area (Å²) in [6.07, 6.45) is 2.92. The van der Waals surface area contributed by atoms with Crippen LogP contribution in [0.4, 0.5) is 0 Å². The van der Waals surface area contributed by atoms with E-state index >= 15 is 0 Å². The fraction of sp³-hybridized carbons (Fsp3) is 0.0833. The van der Waals surface area contributed by atoms with Crippen molar-refractivity contribution >= 4 is 32.6 Å². The van der Waals surface area contributed by atoms with Gasteiger partial charge in [-0.2, -0.15) is 0 Å². The zero-order chi connectivity index (χ0) is 17.5. The van der Waals surface area contributed by atoms with Crippen molar-refractivity contribution in [2.24, 2.45) is 0 Å². The molecule has 1 heterocycles. The van der Waals surface area contributed by atoms with Gasteiger partial charge in [-0.1, -0.05) is 73.7 Å². The summed E-state index contributed by atoms with van der Waals surface area (Å²) in [7, 11) is 0. The summed E-state index contributed by atoms with van der Waals surface area (Å²) in [5.74, 6) is 0. The Morgan fingerprint density at radius 1 is 0.692 bits per heavy atom. The maximum Gasteiger partial charge on any atom is 0.0979 e. The van der Waals surface area contributed by atoms with E-state index in [2.05, 4.69) is 79.7 Å². The largest absolute Gasteiger partial charge is 0.252 e. The Morgan fingerprint density at radius 2 is 1.35 bits per heavy atom. The fourth-order valence-electron chi connectivity index (χ4n) is 3.71. The molecule has 1 aromatic heterocycles. The molecular formula is C24H18N2. The Bertz CT molecular complexity index is 1240. The first-order valence-corrected chi connectivity index (χ1v) is 9.00. The van der Waals surface area contributed by atoms with Crippen molar-refractivity contribution in [3.63, 3.8) is 0 Å². The van der Waals surface area contributed by atoms with Crippen LogP contribution in [0.25, 0.3) is 43.8 Å². The molecule has 0 saturated carbocycles. The number of hydrogen-bond acceptors (Lipinski definition) is 2. The van der Waals surface area contributed by atoms with Crippen molar-refractivity contribution in [3.05, 3.63) is 84.6 Å². The highest BCUT2D eigenvalue weighted by atomic mass is 14.8. The van der Waals surface area contributed by atoms with Gasteiger partial charge in [-0.3, -0.25) is 4.98 Å². The summed E-state index contributed by atoms with van der Waals surface area (Å²) in [5.41, 5.74) is 5.30. The molecule has 0 aliphatic rings. The Hall–Kier alpha value is -3.26. The Labute approximate surface area is 152 Å². The van der Waals surface area contributed by atoms with Gasteiger partial charge in [0.15, 0.2) is 0 Å². The molecule has 0 radical (unpaired) electrons. The molecule has 124 valence electrons. The van der Waals surface area contributed by atoms with Gasteiger partial charge >= 0.3 is 0 Å². The molecule has 26 heavy (non-hydrogen) atoms. The molecule has 0 unspecified atom stereocenters.